The molecule has 7 heteroatoms. The van der Waals surface area contributed by atoms with Crippen molar-refractivity contribution in [3.8, 4) is 0 Å². The summed E-state index contributed by atoms with van der Waals surface area (Å²) in [6.45, 7) is 4.91. The molecule has 116 valence electrons. The molecule has 0 aliphatic carbocycles. The van der Waals surface area contributed by atoms with Gasteiger partial charge >= 0.3 is 0 Å². The Morgan fingerprint density at radius 3 is 2.52 bits per heavy atom. The number of hydrogen-bond donors (Lipinski definition) is 0. The highest BCUT2D eigenvalue weighted by Crippen LogP contribution is 2.24. The van der Waals surface area contributed by atoms with Crippen molar-refractivity contribution in [2.24, 2.45) is 0 Å². The summed E-state index contributed by atoms with van der Waals surface area (Å²) in [5.41, 5.74) is -0.195. The van der Waals surface area contributed by atoms with E-state index in [0.717, 1.165) is 0 Å². The van der Waals surface area contributed by atoms with Crippen LogP contribution in [0.25, 0.3) is 0 Å². The molecule has 1 aromatic rings. The second kappa shape index (κ2) is 7.38. The van der Waals surface area contributed by atoms with Gasteiger partial charge in [-0.25, -0.2) is 0 Å². The lowest BCUT2D eigenvalue weighted by atomic mass is 10.1. The number of nitro groups is 1. The molecule has 0 aliphatic rings. The summed E-state index contributed by atoms with van der Waals surface area (Å²) in [7, 11) is 3.83. The molecule has 0 saturated heterocycles. The monoisotopic (exact) mass is 313 g/mol. The fraction of sp³-hybridized carbons (Fsp3) is 0.500. The van der Waals surface area contributed by atoms with E-state index >= 15 is 0 Å². The first-order valence-corrected chi connectivity index (χ1v) is 7.05. The minimum absolute atomic E-state index is 0.0277. The zero-order chi connectivity index (χ0) is 16.2. The van der Waals surface area contributed by atoms with Crippen LogP contribution in [0.15, 0.2) is 18.2 Å². The molecule has 1 aromatic carbocycles. The maximum atomic E-state index is 12.6. The average Bonchev–Trinajstić information content (AvgIpc) is 2.37. The number of amides is 1. The van der Waals surface area contributed by atoms with Gasteiger partial charge < -0.3 is 9.80 Å². The van der Waals surface area contributed by atoms with E-state index in [1.54, 1.807) is 4.90 Å². The minimum atomic E-state index is -0.561. The van der Waals surface area contributed by atoms with Crippen molar-refractivity contribution >= 4 is 23.2 Å². The van der Waals surface area contributed by atoms with E-state index in [2.05, 4.69) is 0 Å². The topological polar surface area (TPSA) is 66.7 Å². The molecule has 1 atom stereocenters. The van der Waals surface area contributed by atoms with Crippen molar-refractivity contribution in [2.45, 2.75) is 19.9 Å². The summed E-state index contributed by atoms with van der Waals surface area (Å²) in [6, 6.07) is 3.97. The molecule has 6 nitrogen and oxygen atoms in total. The van der Waals surface area contributed by atoms with Crippen LogP contribution in [0.3, 0.4) is 0 Å². The van der Waals surface area contributed by atoms with Crippen LogP contribution in [0.5, 0.6) is 0 Å². The van der Waals surface area contributed by atoms with Crippen molar-refractivity contribution in [1.82, 2.24) is 9.80 Å². The number of likely N-dealkylation sites (N-methyl/N-ethyl adjacent to an activating group) is 2. The van der Waals surface area contributed by atoms with Gasteiger partial charge in [0, 0.05) is 30.2 Å². The first-order chi connectivity index (χ1) is 9.77. The standard InChI is InChI=1S/C14H20ClN3O3/c1-5-17(10(2)9-16(3)4)14(19)12-8-11(15)6-7-13(12)18(20)21/h6-8,10H,5,9H2,1-4H3. The van der Waals surface area contributed by atoms with Gasteiger partial charge in [0.1, 0.15) is 5.56 Å². The van der Waals surface area contributed by atoms with Gasteiger partial charge in [-0.1, -0.05) is 11.6 Å². The Morgan fingerprint density at radius 1 is 1.43 bits per heavy atom. The quantitative estimate of drug-likeness (QED) is 0.598. The summed E-state index contributed by atoms with van der Waals surface area (Å²) in [6.07, 6.45) is 0. The first-order valence-electron chi connectivity index (χ1n) is 6.67. The third kappa shape index (κ3) is 4.41. The highest BCUT2D eigenvalue weighted by Gasteiger charge is 2.27. The molecule has 21 heavy (non-hydrogen) atoms. The summed E-state index contributed by atoms with van der Waals surface area (Å²) in [4.78, 5) is 26.7. The number of hydrogen-bond acceptors (Lipinski definition) is 4. The van der Waals surface area contributed by atoms with Crippen LogP contribution in [-0.2, 0) is 0 Å². The lowest BCUT2D eigenvalue weighted by Crippen LogP contribution is -2.43. The van der Waals surface area contributed by atoms with E-state index in [1.165, 1.54) is 18.2 Å². The van der Waals surface area contributed by atoms with Gasteiger partial charge in [0.25, 0.3) is 11.6 Å². The highest BCUT2D eigenvalue weighted by atomic mass is 35.5. The fourth-order valence-corrected chi connectivity index (χ4v) is 2.45. The Hall–Kier alpha value is -1.66. The number of nitrogens with zero attached hydrogens (tertiary/aromatic N) is 3. The van der Waals surface area contributed by atoms with E-state index in [4.69, 9.17) is 11.6 Å². The second-order valence-corrected chi connectivity index (χ2v) is 5.56. The number of rotatable bonds is 6. The first kappa shape index (κ1) is 17.4. The lowest BCUT2D eigenvalue weighted by Gasteiger charge is -2.30. The van der Waals surface area contributed by atoms with E-state index in [1.807, 2.05) is 32.8 Å². The maximum absolute atomic E-state index is 12.6. The summed E-state index contributed by atoms with van der Waals surface area (Å²) in [5.74, 6) is -0.374. The third-order valence-electron chi connectivity index (χ3n) is 3.15. The van der Waals surface area contributed by atoms with Gasteiger partial charge in [-0.15, -0.1) is 0 Å². The zero-order valence-electron chi connectivity index (χ0n) is 12.7. The van der Waals surface area contributed by atoms with Crippen molar-refractivity contribution in [3.05, 3.63) is 38.9 Å². The molecule has 0 heterocycles. The van der Waals surface area contributed by atoms with Gasteiger partial charge in [-0.05, 0) is 40.1 Å². The van der Waals surface area contributed by atoms with Gasteiger partial charge in [0.2, 0.25) is 0 Å². The molecule has 0 radical (unpaired) electrons. The number of benzene rings is 1. The molecule has 0 N–H and O–H groups in total. The summed E-state index contributed by atoms with van der Waals surface area (Å²) >= 11 is 5.88. The fourth-order valence-electron chi connectivity index (χ4n) is 2.28. The number of carbonyl (C=O) groups excluding carboxylic acids is 1. The van der Waals surface area contributed by atoms with Gasteiger partial charge in [-0.2, -0.15) is 0 Å². The zero-order valence-corrected chi connectivity index (χ0v) is 13.4. The van der Waals surface area contributed by atoms with Crippen LogP contribution in [0.2, 0.25) is 5.02 Å². The lowest BCUT2D eigenvalue weighted by molar-refractivity contribution is -0.385. The molecule has 1 unspecified atom stereocenters. The maximum Gasteiger partial charge on any atom is 0.282 e. The SMILES string of the molecule is CCN(C(=O)c1cc(Cl)ccc1[N+](=O)[O-])C(C)CN(C)C. The number of carbonyl (C=O) groups is 1. The van der Waals surface area contributed by atoms with Gasteiger partial charge in [0.05, 0.1) is 4.92 Å². The third-order valence-corrected chi connectivity index (χ3v) is 3.38. The molecule has 0 aromatic heterocycles. The van der Waals surface area contributed by atoms with Crippen LogP contribution in [0.4, 0.5) is 5.69 Å². The summed E-state index contributed by atoms with van der Waals surface area (Å²) < 4.78 is 0. The largest absolute Gasteiger partial charge is 0.335 e. The molecule has 1 rings (SSSR count). The van der Waals surface area contributed by atoms with Gasteiger partial charge in [0.15, 0.2) is 0 Å². The Morgan fingerprint density at radius 2 is 2.05 bits per heavy atom. The van der Waals surface area contributed by atoms with Crippen LogP contribution >= 0.6 is 11.6 Å². The van der Waals surface area contributed by atoms with Crippen molar-refractivity contribution in [3.63, 3.8) is 0 Å². The molecule has 0 spiro atoms. The second-order valence-electron chi connectivity index (χ2n) is 5.12. The van der Waals surface area contributed by atoms with Crippen molar-refractivity contribution in [2.75, 3.05) is 27.2 Å². The summed E-state index contributed by atoms with van der Waals surface area (Å²) in [5, 5.41) is 11.4. The van der Waals surface area contributed by atoms with E-state index in [0.29, 0.717) is 18.1 Å². The van der Waals surface area contributed by atoms with Crippen LogP contribution in [0, 0.1) is 10.1 Å². The average molecular weight is 314 g/mol. The highest BCUT2D eigenvalue weighted by molar-refractivity contribution is 6.31. The van der Waals surface area contributed by atoms with E-state index in [9.17, 15) is 14.9 Å². The van der Waals surface area contributed by atoms with Crippen LogP contribution < -0.4 is 0 Å². The minimum Gasteiger partial charge on any atom is -0.335 e. The van der Waals surface area contributed by atoms with Gasteiger partial charge in [-0.3, -0.25) is 14.9 Å². The predicted octanol–water partition coefficient (Wildman–Crippen LogP) is 2.66. The van der Waals surface area contributed by atoms with Crippen molar-refractivity contribution in [1.29, 1.82) is 0 Å². The van der Waals surface area contributed by atoms with Crippen LogP contribution in [-0.4, -0.2) is 53.9 Å². The molecular formula is C14H20ClN3O3. The van der Waals surface area contributed by atoms with E-state index < -0.39 is 4.92 Å². The smallest absolute Gasteiger partial charge is 0.282 e. The Kier molecular flexibility index (Phi) is 6.11. The Bertz CT molecular complexity index is 534. The van der Waals surface area contributed by atoms with Crippen molar-refractivity contribution < 1.29 is 9.72 Å². The Balaban J connectivity index is 3.16. The molecule has 0 bridgehead atoms. The number of nitro benzene ring substituents is 1. The normalized spacial score (nSPS) is 12.3. The molecule has 1 amide bonds. The molecular weight excluding hydrogens is 294 g/mol. The molecule has 0 fully saturated rings. The van der Waals surface area contributed by atoms with E-state index in [-0.39, 0.29) is 23.2 Å². The Labute approximate surface area is 129 Å². The predicted molar refractivity (Wildman–Crippen MR) is 82.8 cm³/mol. The van der Waals surface area contributed by atoms with Crippen LogP contribution in [0.1, 0.15) is 24.2 Å². The molecule has 0 aliphatic heterocycles. The number of halogens is 1. The molecule has 0 saturated carbocycles.